The number of carbonyl (C=O) groups is 2. The third kappa shape index (κ3) is 3.33. The van der Waals surface area contributed by atoms with Gasteiger partial charge in [0.05, 0.1) is 18.3 Å². The van der Waals surface area contributed by atoms with Gasteiger partial charge in [0.25, 0.3) is 0 Å². The normalized spacial score (nSPS) is 23.0. The molecule has 0 aliphatic carbocycles. The minimum Gasteiger partial charge on any atom is -0.395 e. The topological polar surface area (TPSA) is 110 Å². The first-order chi connectivity index (χ1) is 13.2. The summed E-state index contributed by atoms with van der Waals surface area (Å²) in [6.45, 7) is 1.70. The van der Waals surface area contributed by atoms with E-state index in [-0.39, 0.29) is 31.1 Å². The number of dihydropyridines is 1. The highest BCUT2D eigenvalue weighted by molar-refractivity contribution is 5.91. The van der Waals surface area contributed by atoms with Crippen LogP contribution in [-0.2, 0) is 4.79 Å². The third-order valence-corrected chi connectivity index (χ3v) is 4.90. The van der Waals surface area contributed by atoms with Gasteiger partial charge in [0.1, 0.15) is 17.7 Å². The van der Waals surface area contributed by atoms with Gasteiger partial charge < -0.3 is 20.6 Å². The molecule has 4 N–H and O–H groups in total. The summed E-state index contributed by atoms with van der Waals surface area (Å²) in [6, 6.07) is 4.49. The molecular weight excluding hydrogens is 348 g/mol. The van der Waals surface area contributed by atoms with Crippen LogP contribution in [0.5, 0.6) is 0 Å². The number of aliphatic hydroxyl groups excluding tert-OH is 1. The third-order valence-electron chi connectivity index (χ3n) is 4.90. The van der Waals surface area contributed by atoms with Gasteiger partial charge in [-0.3, -0.25) is 15.0 Å². The fraction of sp³-hybridized carbons (Fsp3) is 0.389. The van der Waals surface area contributed by atoms with Gasteiger partial charge in [0.15, 0.2) is 0 Å². The summed E-state index contributed by atoms with van der Waals surface area (Å²) in [5.41, 5.74) is 0.908. The molecule has 1 fully saturated rings. The second-order valence-corrected chi connectivity index (χ2v) is 6.63. The molecule has 1 aromatic heterocycles. The highest BCUT2D eigenvalue weighted by Gasteiger charge is 2.42. The molecule has 3 aliphatic heterocycles. The maximum absolute atomic E-state index is 13.0. The highest BCUT2D eigenvalue weighted by Crippen LogP contribution is 2.33. The second kappa shape index (κ2) is 7.28. The molecule has 1 aromatic rings. The molecular formula is C18H22N6O3. The number of rotatable bonds is 4. The van der Waals surface area contributed by atoms with Crippen LogP contribution in [0.1, 0.15) is 6.42 Å². The lowest BCUT2D eigenvalue weighted by atomic mass is 10.1. The number of hydrogen-bond donors (Lipinski definition) is 4. The standard InChI is InChI=1S/C18H22N6O3/c25-10-8-20-17(26)13-4-5-14-16(21-13)24(12-6-9-23(14)11-12)18(27)22-15-3-1-2-7-19-15/h1-5,7,12-13,21,25H,6,8-11H2,(H,20,26)(H,19,22,27)/t12-,13?/m0/s1. The van der Waals surface area contributed by atoms with Crippen molar-refractivity contribution in [3.63, 3.8) is 0 Å². The van der Waals surface area contributed by atoms with Gasteiger partial charge in [-0.05, 0) is 24.6 Å². The first-order valence-electron chi connectivity index (χ1n) is 9.01. The summed E-state index contributed by atoms with van der Waals surface area (Å²) in [7, 11) is 0. The molecule has 3 aliphatic rings. The lowest BCUT2D eigenvalue weighted by molar-refractivity contribution is -0.122. The van der Waals surface area contributed by atoms with E-state index in [4.69, 9.17) is 5.11 Å². The molecule has 0 radical (unpaired) electrons. The van der Waals surface area contributed by atoms with Gasteiger partial charge in [-0.25, -0.2) is 9.78 Å². The van der Waals surface area contributed by atoms with E-state index in [1.165, 1.54) is 0 Å². The van der Waals surface area contributed by atoms with Crippen LogP contribution in [0.25, 0.3) is 0 Å². The van der Waals surface area contributed by atoms with E-state index in [0.717, 1.165) is 25.2 Å². The number of carbonyl (C=O) groups excluding carboxylic acids is 2. The molecule has 1 saturated heterocycles. The summed E-state index contributed by atoms with van der Waals surface area (Å²) >= 11 is 0. The van der Waals surface area contributed by atoms with E-state index in [2.05, 4.69) is 25.8 Å². The van der Waals surface area contributed by atoms with Crippen LogP contribution in [-0.4, -0.2) is 70.2 Å². The van der Waals surface area contributed by atoms with Crippen LogP contribution in [0, 0.1) is 0 Å². The van der Waals surface area contributed by atoms with E-state index in [9.17, 15) is 9.59 Å². The average Bonchev–Trinajstić information content (AvgIpc) is 3.11. The predicted molar refractivity (Wildman–Crippen MR) is 98.3 cm³/mol. The van der Waals surface area contributed by atoms with Gasteiger partial charge >= 0.3 is 6.03 Å². The van der Waals surface area contributed by atoms with Crippen LogP contribution in [0.2, 0.25) is 0 Å². The Morgan fingerprint density at radius 3 is 3.04 bits per heavy atom. The number of hydrogen-bond acceptors (Lipinski definition) is 6. The Kier molecular flexibility index (Phi) is 4.68. The van der Waals surface area contributed by atoms with Gasteiger partial charge in [0.2, 0.25) is 5.91 Å². The monoisotopic (exact) mass is 370 g/mol. The van der Waals surface area contributed by atoms with Crippen LogP contribution in [0.15, 0.2) is 48.1 Å². The fourth-order valence-electron chi connectivity index (χ4n) is 3.65. The smallest absolute Gasteiger partial charge is 0.328 e. The Labute approximate surface area is 156 Å². The van der Waals surface area contributed by atoms with Gasteiger partial charge in [0, 0.05) is 25.8 Å². The Bertz CT molecular complexity index is 794. The number of urea groups is 1. The average molecular weight is 370 g/mol. The molecule has 1 unspecified atom stereocenters. The molecule has 142 valence electrons. The number of nitrogens with zero attached hydrogens (tertiary/aromatic N) is 3. The number of amides is 3. The highest BCUT2D eigenvalue weighted by atomic mass is 16.3. The Morgan fingerprint density at radius 1 is 1.37 bits per heavy atom. The maximum Gasteiger partial charge on any atom is 0.328 e. The van der Waals surface area contributed by atoms with E-state index >= 15 is 0 Å². The number of anilines is 1. The van der Waals surface area contributed by atoms with Crippen molar-refractivity contribution in [3.8, 4) is 0 Å². The van der Waals surface area contributed by atoms with Crippen molar-refractivity contribution >= 4 is 17.8 Å². The fourth-order valence-corrected chi connectivity index (χ4v) is 3.65. The number of pyridine rings is 1. The molecule has 3 amide bonds. The zero-order valence-electron chi connectivity index (χ0n) is 14.8. The number of allylic oxidation sites excluding steroid dienone is 1. The SMILES string of the molecule is O=C(NCCO)C1C=CC2=C(N1)N(C(=O)Nc1ccccn1)[C@H]1CCN2C1. The number of aliphatic hydroxyl groups is 1. The largest absolute Gasteiger partial charge is 0.395 e. The summed E-state index contributed by atoms with van der Waals surface area (Å²) in [5, 5.41) is 17.6. The first kappa shape index (κ1) is 17.3. The van der Waals surface area contributed by atoms with Crippen molar-refractivity contribution < 1.29 is 14.7 Å². The summed E-state index contributed by atoms with van der Waals surface area (Å²) in [6.07, 6.45) is 6.15. The maximum atomic E-state index is 13.0. The van der Waals surface area contributed by atoms with Crippen LogP contribution in [0.4, 0.5) is 10.6 Å². The molecule has 4 heterocycles. The predicted octanol–water partition coefficient (Wildman–Crippen LogP) is -0.191. The molecule has 27 heavy (non-hydrogen) atoms. The van der Waals surface area contributed by atoms with Crippen molar-refractivity contribution in [2.24, 2.45) is 0 Å². The van der Waals surface area contributed by atoms with E-state index in [1.807, 2.05) is 12.1 Å². The molecule has 4 rings (SSSR count). The summed E-state index contributed by atoms with van der Waals surface area (Å²) < 4.78 is 0. The van der Waals surface area contributed by atoms with Crippen molar-refractivity contribution in [1.29, 1.82) is 0 Å². The van der Waals surface area contributed by atoms with E-state index < -0.39 is 6.04 Å². The molecule has 2 atom stereocenters. The molecule has 0 saturated carbocycles. The number of nitrogens with one attached hydrogen (secondary N) is 3. The summed E-state index contributed by atoms with van der Waals surface area (Å²) in [5.74, 6) is 0.863. The van der Waals surface area contributed by atoms with Gasteiger partial charge in [-0.2, -0.15) is 0 Å². The van der Waals surface area contributed by atoms with Crippen molar-refractivity contribution in [3.05, 3.63) is 48.1 Å². The van der Waals surface area contributed by atoms with Crippen molar-refractivity contribution in [1.82, 2.24) is 25.4 Å². The second-order valence-electron chi connectivity index (χ2n) is 6.63. The van der Waals surface area contributed by atoms with Crippen molar-refractivity contribution in [2.45, 2.75) is 18.5 Å². The molecule has 9 nitrogen and oxygen atoms in total. The Morgan fingerprint density at radius 2 is 2.26 bits per heavy atom. The molecule has 0 aromatic carbocycles. The molecule has 2 bridgehead atoms. The van der Waals surface area contributed by atoms with Crippen LogP contribution in [0.3, 0.4) is 0 Å². The Balaban J connectivity index is 1.56. The molecule has 0 spiro atoms. The zero-order valence-corrected chi connectivity index (χ0v) is 14.8. The van der Waals surface area contributed by atoms with E-state index in [1.54, 1.807) is 29.3 Å². The zero-order chi connectivity index (χ0) is 18.8. The van der Waals surface area contributed by atoms with E-state index in [0.29, 0.717) is 11.6 Å². The van der Waals surface area contributed by atoms with Gasteiger partial charge in [-0.15, -0.1) is 0 Å². The van der Waals surface area contributed by atoms with Gasteiger partial charge in [-0.1, -0.05) is 12.1 Å². The minimum atomic E-state index is -0.598. The summed E-state index contributed by atoms with van der Waals surface area (Å²) in [4.78, 5) is 33.3. The van der Waals surface area contributed by atoms with Crippen molar-refractivity contribution in [2.75, 3.05) is 31.6 Å². The van der Waals surface area contributed by atoms with Crippen LogP contribution >= 0.6 is 0 Å². The van der Waals surface area contributed by atoms with Crippen LogP contribution < -0.4 is 16.0 Å². The Hall–Kier alpha value is -3.07. The lowest BCUT2D eigenvalue weighted by Gasteiger charge is -2.40. The number of aromatic nitrogens is 1. The molecule has 9 heteroatoms. The minimum absolute atomic E-state index is 0.0348. The first-order valence-corrected chi connectivity index (χ1v) is 9.01. The quantitative estimate of drug-likeness (QED) is 0.585. The number of fused-ring (bicyclic) bond motifs is 3. The lowest BCUT2D eigenvalue weighted by Crippen LogP contribution is -2.56.